The SMILES string of the molecule is COC1=C(OC)C(=O)C2=C(CCC(CCOc3ccc(N4CCN(Cc5ccccc5)CC4)cc3)CC2)C1=O. The number of carbonyl (C=O) groups excluding carboxylic acids is 2. The van der Waals surface area contributed by atoms with Gasteiger partial charge < -0.3 is 19.1 Å². The number of hydrogen-bond donors (Lipinski definition) is 0. The Balaban J connectivity index is 1.06. The number of ether oxygens (including phenoxy) is 3. The van der Waals surface area contributed by atoms with Crippen molar-refractivity contribution in [2.75, 3.05) is 51.9 Å². The zero-order valence-corrected chi connectivity index (χ0v) is 23.0. The van der Waals surface area contributed by atoms with Gasteiger partial charge in [-0.15, -0.1) is 0 Å². The molecule has 0 amide bonds. The van der Waals surface area contributed by atoms with E-state index < -0.39 is 0 Å². The summed E-state index contributed by atoms with van der Waals surface area (Å²) in [6.07, 6.45) is 3.77. The van der Waals surface area contributed by atoms with E-state index in [0.29, 0.717) is 36.5 Å². The standard InChI is InChI=1S/C32H38N2O5/c1-37-31-29(35)27-14-8-23(9-15-28(27)30(36)32(31)38-2)16-21-39-26-12-10-25(11-13-26)34-19-17-33(18-20-34)22-24-6-4-3-5-7-24/h3-7,10-13,23H,8-9,14-22H2,1-2H3. The number of ketones is 2. The number of benzene rings is 2. The molecule has 0 radical (unpaired) electrons. The third-order valence-electron chi connectivity index (χ3n) is 8.16. The molecule has 2 aromatic carbocycles. The van der Waals surface area contributed by atoms with Gasteiger partial charge in [-0.2, -0.15) is 0 Å². The van der Waals surface area contributed by atoms with E-state index in [9.17, 15) is 9.59 Å². The summed E-state index contributed by atoms with van der Waals surface area (Å²) in [5.41, 5.74) is 3.79. The minimum Gasteiger partial charge on any atom is -0.494 e. The smallest absolute Gasteiger partial charge is 0.228 e. The van der Waals surface area contributed by atoms with Crippen LogP contribution in [0.3, 0.4) is 0 Å². The Morgan fingerprint density at radius 3 is 1.92 bits per heavy atom. The van der Waals surface area contributed by atoms with Gasteiger partial charge in [0.15, 0.2) is 0 Å². The van der Waals surface area contributed by atoms with Gasteiger partial charge in [0.25, 0.3) is 0 Å². The minimum atomic E-state index is -0.210. The molecule has 0 unspecified atom stereocenters. The number of carbonyl (C=O) groups is 2. The van der Waals surface area contributed by atoms with Gasteiger partial charge in [0.05, 0.1) is 20.8 Å². The van der Waals surface area contributed by atoms with Crippen LogP contribution in [0.25, 0.3) is 0 Å². The molecule has 39 heavy (non-hydrogen) atoms. The zero-order chi connectivity index (χ0) is 27.2. The number of allylic oxidation sites excluding steroid dienone is 2. The molecule has 2 aromatic rings. The number of Topliss-reactive ketones (excluding diaryl/α,β-unsaturated/α-hetero) is 2. The van der Waals surface area contributed by atoms with Crippen LogP contribution < -0.4 is 9.64 Å². The summed E-state index contributed by atoms with van der Waals surface area (Å²) in [6, 6.07) is 19.1. The van der Waals surface area contributed by atoms with Crippen LogP contribution in [0.4, 0.5) is 5.69 Å². The van der Waals surface area contributed by atoms with E-state index in [2.05, 4.69) is 64.4 Å². The molecule has 1 heterocycles. The molecule has 5 rings (SSSR count). The molecule has 3 aliphatic rings. The van der Waals surface area contributed by atoms with Crippen molar-refractivity contribution in [2.45, 2.75) is 38.6 Å². The van der Waals surface area contributed by atoms with Crippen molar-refractivity contribution < 1.29 is 23.8 Å². The fourth-order valence-corrected chi connectivity index (χ4v) is 5.89. The van der Waals surface area contributed by atoms with Crippen LogP contribution in [-0.2, 0) is 25.6 Å². The first-order chi connectivity index (χ1) is 19.1. The van der Waals surface area contributed by atoms with Crippen molar-refractivity contribution >= 4 is 17.3 Å². The Morgan fingerprint density at radius 1 is 0.769 bits per heavy atom. The van der Waals surface area contributed by atoms with E-state index >= 15 is 0 Å². The molecule has 0 saturated carbocycles. The molecule has 0 spiro atoms. The van der Waals surface area contributed by atoms with E-state index in [1.165, 1.54) is 25.5 Å². The Morgan fingerprint density at radius 2 is 1.36 bits per heavy atom. The van der Waals surface area contributed by atoms with Crippen molar-refractivity contribution in [3.63, 3.8) is 0 Å². The molecular weight excluding hydrogens is 492 g/mol. The molecule has 7 heteroatoms. The highest BCUT2D eigenvalue weighted by molar-refractivity contribution is 6.23. The molecular formula is C32H38N2O5. The van der Waals surface area contributed by atoms with Crippen LogP contribution >= 0.6 is 0 Å². The monoisotopic (exact) mass is 530 g/mol. The number of nitrogens with zero attached hydrogens (tertiary/aromatic N) is 2. The van der Waals surface area contributed by atoms with Crippen molar-refractivity contribution in [2.24, 2.45) is 5.92 Å². The summed E-state index contributed by atoms with van der Waals surface area (Å²) in [5.74, 6) is 0.898. The van der Waals surface area contributed by atoms with Crippen LogP contribution in [0.1, 0.15) is 37.7 Å². The van der Waals surface area contributed by atoms with Gasteiger partial charge in [0.2, 0.25) is 23.1 Å². The van der Waals surface area contributed by atoms with Crippen molar-refractivity contribution in [3.8, 4) is 5.75 Å². The third kappa shape index (κ3) is 6.19. The van der Waals surface area contributed by atoms with E-state index in [1.807, 2.05) is 0 Å². The lowest BCUT2D eigenvalue weighted by molar-refractivity contribution is -0.121. The van der Waals surface area contributed by atoms with E-state index in [1.54, 1.807) is 0 Å². The van der Waals surface area contributed by atoms with Gasteiger partial charge in [-0.3, -0.25) is 14.5 Å². The van der Waals surface area contributed by atoms with E-state index in [0.717, 1.165) is 57.7 Å². The van der Waals surface area contributed by atoms with E-state index in [4.69, 9.17) is 14.2 Å². The topological polar surface area (TPSA) is 68.3 Å². The molecule has 0 atom stereocenters. The highest BCUT2D eigenvalue weighted by atomic mass is 16.5. The van der Waals surface area contributed by atoms with Crippen LogP contribution in [0.2, 0.25) is 0 Å². The fourth-order valence-electron chi connectivity index (χ4n) is 5.89. The van der Waals surface area contributed by atoms with Crippen LogP contribution in [-0.4, -0.2) is 63.5 Å². The molecule has 0 aromatic heterocycles. The summed E-state index contributed by atoms with van der Waals surface area (Å²) < 4.78 is 16.5. The first-order valence-electron chi connectivity index (χ1n) is 13.9. The number of methoxy groups -OCH3 is 2. The van der Waals surface area contributed by atoms with Crippen molar-refractivity contribution in [1.29, 1.82) is 0 Å². The third-order valence-corrected chi connectivity index (χ3v) is 8.16. The van der Waals surface area contributed by atoms with Gasteiger partial charge in [-0.05, 0) is 67.9 Å². The second-order valence-corrected chi connectivity index (χ2v) is 10.5. The maximum Gasteiger partial charge on any atom is 0.228 e. The lowest BCUT2D eigenvalue weighted by Crippen LogP contribution is -2.45. The van der Waals surface area contributed by atoms with E-state index in [-0.39, 0.29) is 23.1 Å². The molecule has 1 saturated heterocycles. The Labute approximate surface area is 231 Å². The normalized spacial score (nSPS) is 19.2. The highest BCUT2D eigenvalue weighted by Crippen LogP contribution is 2.37. The Hall–Kier alpha value is -3.58. The summed E-state index contributed by atoms with van der Waals surface area (Å²) in [6.45, 7) is 5.77. The molecule has 0 N–H and O–H groups in total. The van der Waals surface area contributed by atoms with Crippen LogP contribution in [0.15, 0.2) is 77.3 Å². The molecule has 206 valence electrons. The maximum atomic E-state index is 12.9. The molecule has 0 bridgehead atoms. The molecule has 1 aliphatic heterocycles. The first kappa shape index (κ1) is 27.0. The summed E-state index contributed by atoms with van der Waals surface area (Å²) in [4.78, 5) is 30.7. The summed E-state index contributed by atoms with van der Waals surface area (Å²) in [5, 5.41) is 0. The highest BCUT2D eigenvalue weighted by Gasteiger charge is 2.37. The minimum absolute atomic E-state index is 0.0283. The average Bonchev–Trinajstić information content (AvgIpc) is 3.19. The molecule has 1 fully saturated rings. The predicted molar refractivity (Wildman–Crippen MR) is 151 cm³/mol. The second kappa shape index (κ2) is 12.5. The largest absolute Gasteiger partial charge is 0.494 e. The lowest BCUT2D eigenvalue weighted by atomic mass is 9.89. The first-order valence-corrected chi connectivity index (χ1v) is 13.9. The van der Waals surface area contributed by atoms with Crippen LogP contribution in [0.5, 0.6) is 5.75 Å². The Kier molecular flexibility index (Phi) is 8.67. The number of anilines is 1. The fraction of sp³-hybridized carbons (Fsp3) is 0.438. The zero-order valence-electron chi connectivity index (χ0n) is 23.0. The van der Waals surface area contributed by atoms with Crippen molar-refractivity contribution in [3.05, 3.63) is 82.8 Å². The van der Waals surface area contributed by atoms with Gasteiger partial charge >= 0.3 is 0 Å². The van der Waals surface area contributed by atoms with Gasteiger partial charge in [-0.25, -0.2) is 0 Å². The quantitative estimate of drug-likeness (QED) is 0.426. The van der Waals surface area contributed by atoms with Gasteiger partial charge in [0, 0.05) is 49.6 Å². The number of hydrogen-bond acceptors (Lipinski definition) is 7. The van der Waals surface area contributed by atoms with Gasteiger partial charge in [-0.1, -0.05) is 30.3 Å². The van der Waals surface area contributed by atoms with Crippen LogP contribution in [0, 0.1) is 5.92 Å². The van der Waals surface area contributed by atoms with Gasteiger partial charge in [0.1, 0.15) is 5.75 Å². The number of rotatable bonds is 9. The second-order valence-electron chi connectivity index (χ2n) is 10.5. The summed E-state index contributed by atoms with van der Waals surface area (Å²) in [7, 11) is 2.81. The summed E-state index contributed by atoms with van der Waals surface area (Å²) >= 11 is 0. The Bertz CT molecular complexity index is 1190. The number of piperazine rings is 1. The maximum absolute atomic E-state index is 12.9. The molecule has 7 nitrogen and oxygen atoms in total. The predicted octanol–water partition coefficient (Wildman–Crippen LogP) is 4.92. The van der Waals surface area contributed by atoms with Crippen molar-refractivity contribution in [1.82, 2.24) is 4.90 Å². The average molecular weight is 531 g/mol. The molecule has 2 aliphatic carbocycles. The lowest BCUT2D eigenvalue weighted by Gasteiger charge is -2.36.